The van der Waals surface area contributed by atoms with Crippen LogP contribution in [0.4, 0.5) is 0 Å². The van der Waals surface area contributed by atoms with Gasteiger partial charge in [-0.1, -0.05) is 19.3 Å². The van der Waals surface area contributed by atoms with Crippen LogP contribution >= 0.6 is 0 Å². The van der Waals surface area contributed by atoms with E-state index in [-0.39, 0.29) is 17.9 Å². The number of rotatable bonds is 4. The summed E-state index contributed by atoms with van der Waals surface area (Å²) in [6.45, 7) is 3.02. The largest absolute Gasteiger partial charge is 0.385 e. The lowest BCUT2D eigenvalue weighted by atomic mass is 9.78. The summed E-state index contributed by atoms with van der Waals surface area (Å²) in [6.07, 6.45) is 5.54. The zero-order valence-electron chi connectivity index (χ0n) is 11.9. The van der Waals surface area contributed by atoms with Gasteiger partial charge in [0, 0.05) is 20.3 Å². The van der Waals surface area contributed by atoms with Crippen LogP contribution in [-0.4, -0.2) is 48.6 Å². The lowest BCUT2D eigenvalue weighted by molar-refractivity contribution is -0.156. The van der Waals surface area contributed by atoms with E-state index in [1.54, 1.807) is 18.9 Å². The minimum Gasteiger partial charge on any atom is -0.385 e. The van der Waals surface area contributed by atoms with Crippen LogP contribution in [0.15, 0.2) is 0 Å². The average Bonchev–Trinajstić information content (AvgIpc) is 2.42. The van der Waals surface area contributed by atoms with Crippen LogP contribution in [-0.2, 0) is 14.3 Å². The van der Waals surface area contributed by atoms with Crippen LogP contribution in [0.1, 0.15) is 45.4 Å². The Kier molecular flexibility index (Phi) is 4.45. The molecule has 5 nitrogen and oxygen atoms in total. The summed E-state index contributed by atoms with van der Waals surface area (Å²) < 4.78 is 5.03. The van der Waals surface area contributed by atoms with Crippen molar-refractivity contribution in [3.63, 3.8) is 0 Å². The van der Waals surface area contributed by atoms with Gasteiger partial charge < -0.3 is 15.0 Å². The van der Waals surface area contributed by atoms with E-state index in [2.05, 4.69) is 5.32 Å². The predicted octanol–water partition coefficient (Wildman–Crippen LogP) is 1.07. The van der Waals surface area contributed by atoms with Gasteiger partial charge in [0.15, 0.2) is 0 Å². The second-order valence-electron chi connectivity index (χ2n) is 5.65. The van der Waals surface area contributed by atoms with Gasteiger partial charge in [0.05, 0.1) is 0 Å². The summed E-state index contributed by atoms with van der Waals surface area (Å²) in [4.78, 5) is 26.6. The van der Waals surface area contributed by atoms with E-state index in [0.717, 1.165) is 38.5 Å². The summed E-state index contributed by atoms with van der Waals surface area (Å²) in [5.74, 6) is 0.0920. The quantitative estimate of drug-likeness (QED) is 0.776. The van der Waals surface area contributed by atoms with E-state index in [1.165, 1.54) is 0 Å². The fourth-order valence-corrected chi connectivity index (χ4v) is 3.15. The maximum atomic E-state index is 12.7. The Balaban J connectivity index is 2.11. The third-order valence-corrected chi connectivity index (χ3v) is 4.33. The van der Waals surface area contributed by atoms with Gasteiger partial charge in [-0.3, -0.25) is 9.59 Å². The number of nitrogens with zero attached hydrogens (tertiary/aromatic N) is 1. The van der Waals surface area contributed by atoms with Crippen molar-refractivity contribution in [2.75, 3.05) is 20.3 Å². The Morgan fingerprint density at radius 1 is 1.32 bits per heavy atom. The fourth-order valence-electron chi connectivity index (χ4n) is 3.15. The Labute approximate surface area is 114 Å². The van der Waals surface area contributed by atoms with Gasteiger partial charge in [0.2, 0.25) is 11.8 Å². The summed E-state index contributed by atoms with van der Waals surface area (Å²) in [6, 6.07) is -0.364. The van der Waals surface area contributed by atoms with Crippen molar-refractivity contribution < 1.29 is 14.3 Å². The third kappa shape index (κ3) is 2.76. The lowest BCUT2D eigenvalue weighted by Crippen LogP contribution is -2.70. The Morgan fingerprint density at radius 3 is 2.63 bits per heavy atom. The Bertz CT molecular complexity index is 351. The second kappa shape index (κ2) is 5.90. The molecule has 0 bridgehead atoms. The normalized spacial score (nSPS) is 26.6. The number of hydrogen-bond donors (Lipinski definition) is 1. The van der Waals surface area contributed by atoms with Gasteiger partial charge in [0.1, 0.15) is 11.6 Å². The van der Waals surface area contributed by atoms with Crippen LogP contribution < -0.4 is 5.32 Å². The molecule has 1 spiro atoms. The predicted molar refractivity (Wildman–Crippen MR) is 71.6 cm³/mol. The van der Waals surface area contributed by atoms with Crippen LogP contribution in [0, 0.1) is 0 Å². The molecule has 19 heavy (non-hydrogen) atoms. The maximum Gasteiger partial charge on any atom is 0.248 e. The SMILES string of the molecule is COCCCN1C(=O)C2(CCCCC2)NC(=O)C1C. The highest BCUT2D eigenvalue weighted by Gasteiger charge is 2.49. The minimum absolute atomic E-state index is 0.0149. The zero-order chi connectivity index (χ0) is 13.9. The molecule has 0 aromatic carbocycles. The molecule has 1 heterocycles. The molecule has 2 amide bonds. The highest BCUT2D eigenvalue weighted by Crippen LogP contribution is 2.33. The number of amides is 2. The minimum atomic E-state index is -0.616. The van der Waals surface area contributed by atoms with Crippen molar-refractivity contribution in [1.82, 2.24) is 10.2 Å². The Hall–Kier alpha value is -1.10. The summed E-state index contributed by atoms with van der Waals surface area (Å²) in [5, 5.41) is 2.99. The molecule has 2 fully saturated rings. The number of piperazine rings is 1. The molecular weight excluding hydrogens is 244 g/mol. The fraction of sp³-hybridized carbons (Fsp3) is 0.857. The topological polar surface area (TPSA) is 58.6 Å². The van der Waals surface area contributed by atoms with Crippen molar-refractivity contribution in [3.05, 3.63) is 0 Å². The number of carbonyl (C=O) groups excluding carboxylic acids is 2. The molecule has 1 saturated heterocycles. The zero-order valence-corrected chi connectivity index (χ0v) is 11.9. The van der Waals surface area contributed by atoms with Gasteiger partial charge in [-0.05, 0) is 26.2 Å². The van der Waals surface area contributed by atoms with Crippen molar-refractivity contribution in [2.45, 2.75) is 57.0 Å². The highest BCUT2D eigenvalue weighted by atomic mass is 16.5. The highest BCUT2D eigenvalue weighted by molar-refractivity contribution is 5.99. The molecular formula is C14H24N2O3. The van der Waals surface area contributed by atoms with Crippen LogP contribution in [0.2, 0.25) is 0 Å². The van der Waals surface area contributed by atoms with Crippen LogP contribution in [0.3, 0.4) is 0 Å². The first kappa shape index (κ1) is 14.3. The van der Waals surface area contributed by atoms with E-state index >= 15 is 0 Å². The lowest BCUT2D eigenvalue weighted by Gasteiger charge is -2.46. The number of carbonyl (C=O) groups is 2. The van der Waals surface area contributed by atoms with Crippen molar-refractivity contribution in [2.24, 2.45) is 0 Å². The maximum absolute atomic E-state index is 12.7. The first-order chi connectivity index (χ1) is 9.10. The molecule has 1 unspecified atom stereocenters. The molecule has 1 N–H and O–H groups in total. The summed E-state index contributed by atoms with van der Waals surface area (Å²) >= 11 is 0. The standard InChI is InChI=1S/C14H24N2O3/c1-11-12(17)15-14(7-4-3-5-8-14)13(18)16(11)9-6-10-19-2/h11H,3-10H2,1-2H3,(H,15,17). The first-order valence-corrected chi connectivity index (χ1v) is 7.23. The molecule has 0 radical (unpaired) electrons. The van der Waals surface area contributed by atoms with Gasteiger partial charge in [0.25, 0.3) is 0 Å². The summed E-state index contributed by atoms with van der Waals surface area (Å²) in [5.41, 5.74) is -0.616. The van der Waals surface area contributed by atoms with Crippen molar-refractivity contribution >= 4 is 11.8 Å². The number of ether oxygens (including phenoxy) is 1. The molecule has 1 aliphatic heterocycles. The van der Waals surface area contributed by atoms with E-state index < -0.39 is 5.54 Å². The van der Waals surface area contributed by atoms with Gasteiger partial charge >= 0.3 is 0 Å². The van der Waals surface area contributed by atoms with E-state index in [4.69, 9.17) is 4.74 Å². The molecule has 0 aromatic heterocycles. The van der Waals surface area contributed by atoms with Gasteiger partial charge in [-0.15, -0.1) is 0 Å². The van der Waals surface area contributed by atoms with E-state index in [0.29, 0.717) is 13.2 Å². The third-order valence-electron chi connectivity index (χ3n) is 4.33. The molecule has 1 aliphatic carbocycles. The molecule has 2 rings (SSSR count). The second-order valence-corrected chi connectivity index (χ2v) is 5.65. The average molecular weight is 268 g/mol. The molecule has 1 atom stereocenters. The molecule has 108 valence electrons. The molecule has 0 aromatic rings. The molecule has 2 aliphatic rings. The first-order valence-electron chi connectivity index (χ1n) is 7.23. The van der Waals surface area contributed by atoms with Gasteiger partial charge in [-0.25, -0.2) is 0 Å². The van der Waals surface area contributed by atoms with Gasteiger partial charge in [-0.2, -0.15) is 0 Å². The number of methoxy groups -OCH3 is 1. The number of hydrogen-bond acceptors (Lipinski definition) is 3. The summed E-state index contributed by atoms with van der Waals surface area (Å²) in [7, 11) is 1.65. The van der Waals surface area contributed by atoms with Crippen LogP contribution in [0.5, 0.6) is 0 Å². The van der Waals surface area contributed by atoms with Crippen LogP contribution in [0.25, 0.3) is 0 Å². The monoisotopic (exact) mass is 268 g/mol. The van der Waals surface area contributed by atoms with E-state index in [1.807, 2.05) is 0 Å². The van der Waals surface area contributed by atoms with E-state index in [9.17, 15) is 9.59 Å². The van der Waals surface area contributed by atoms with Crippen molar-refractivity contribution in [3.8, 4) is 0 Å². The van der Waals surface area contributed by atoms with Crippen molar-refractivity contribution in [1.29, 1.82) is 0 Å². The number of nitrogens with one attached hydrogen (secondary N) is 1. The molecule has 5 heteroatoms. The Morgan fingerprint density at radius 2 is 2.00 bits per heavy atom. The molecule has 1 saturated carbocycles. The smallest absolute Gasteiger partial charge is 0.248 e.